The Morgan fingerprint density at radius 2 is 1.94 bits per heavy atom. The zero-order chi connectivity index (χ0) is 13.1. The molecule has 3 atom stereocenters. The first kappa shape index (κ1) is 13.3. The molecule has 1 saturated heterocycles. The molecule has 0 aromatic heterocycles. The molecule has 5 nitrogen and oxygen atoms in total. The van der Waals surface area contributed by atoms with Crippen molar-refractivity contribution in [3.8, 4) is 0 Å². The third kappa shape index (κ3) is 2.83. The zero-order valence-electron chi connectivity index (χ0n) is 10.8. The highest BCUT2D eigenvalue weighted by molar-refractivity contribution is 5.85. The molecule has 1 heterocycles. The summed E-state index contributed by atoms with van der Waals surface area (Å²) in [4.78, 5) is 25.0. The second-order valence-corrected chi connectivity index (χ2v) is 5.34. The molecule has 1 N–H and O–H groups in total. The van der Waals surface area contributed by atoms with E-state index in [4.69, 9.17) is 9.84 Å². The SMILES string of the molecule is CN(CC1CCCO1)C(=O)[C@@H]1CCC[C@@H]1C(=O)O. The van der Waals surface area contributed by atoms with E-state index in [1.807, 2.05) is 0 Å². The van der Waals surface area contributed by atoms with Crippen LogP contribution in [-0.2, 0) is 14.3 Å². The molecule has 102 valence electrons. The number of carbonyl (C=O) groups is 2. The lowest BCUT2D eigenvalue weighted by molar-refractivity contribution is -0.149. The number of aliphatic carboxylic acids is 1. The molecule has 0 radical (unpaired) electrons. The number of nitrogens with zero attached hydrogens (tertiary/aromatic N) is 1. The number of carboxylic acids is 1. The minimum atomic E-state index is -0.837. The van der Waals surface area contributed by atoms with Crippen LogP contribution in [0.3, 0.4) is 0 Å². The van der Waals surface area contributed by atoms with Crippen molar-refractivity contribution in [2.24, 2.45) is 11.8 Å². The molecule has 0 spiro atoms. The number of rotatable bonds is 4. The van der Waals surface area contributed by atoms with Crippen LogP contribution in [-0.4, -0.2) is 48.2 Å². The van der Waals surface area contributed by atoms with E-state index in [2.05, 4.69) is 0 Å². The summed E-state index contributed by atoms with van der Waals surface area (Å²) in [5.74, 6) is -1.70. The van der Waals surface area contributed by atoms with Crippen LogP contribution in [0.15, 0.2) is 0 Å². The third-order valence-electron chi connectivity index (χ3n) is 4.03. The molecule has 1 aliphatic heterocycles. The molecule has 2 aliphatic rings. The van der Waals surface area contributed by atoms with Gasteiger partial charge in [0.15, 0.2) is 0 Å². The lowest BCUT2D eigenvalue weighted by Gasteiger charge is -2.25. The smallest absolute Gasteiger partial charge is 0.307 e. The molecule has 0 bridgehead atoms. The van der Waals surface area contributed by atoms with Gasteiger partial charge in [-0.15, -0.1) is 0 Å². The van der Waals surface area contributed by atoms with Crippen molar-refractivity contribution in [1.82, 2.24) is 4.90 Å². The van der Waals surface area contributed by atoms with E-state index in [9.17, 15) is 9.59 Å². The van der Waals surface area contributed by atoms with Crippen molar-refractivity contribution in [1.29, 1.82) is 0 Å². The Morgan fingerprint density at radius 3 is 2.56 bits per heavy atom. The number of likely N-dealkylation sites (N-methyl/N-ethyl adjacent to an activating group) is 1. The van der Waals surface area contributed by atoms with Gasteiger partial charge in [0.25, 0.3) is 0 Å². The van der Waals surface area contributed by atoms with Gasteiger partial charge in [0.2, 0.25) is 5.91 Å². The molecule has 18 heavy (non-hydrogen) atoms. The Bertz CT molecular complexity index is 325. The van der Waals surface area contributed by atoms with Gasteiger partial charge in [-0.25, -0.2) is 0 Å². The summed E-state index contributed by atoms with van der Waals surface area (Å²) in [6, 6.07) is 0. The molecule has 0 aromatic carbocycles. The summed E-state index contributed by atoms with van der Waals surface area (Å²) in [5.41, 5.74) is 0. The first-order valence-electron chi connectivity index (χ1n) is 6.69. The number of hydrogen-bond acceptors (Lipinski definition) is 3. The summed E-state index contributed by atoms with van der Waals surface area (Å²) in [7, 11) is 1.75. The molecule has 2 fully saturated rings. The molecule has 1 aliphatic carbocycles. The van der Waals surface area contributed by atoms with Crippen LogP contribution in [0.4, 0.5) is 0 Å². The molecule has 5 heteroatoms. The molecule has 1 amide bonds. The molecular weight excluding hydrogens is 234 g/mol. The van der Waals surface area contributed by atoms with Crippen LogP contribution in [0.5, 0.6) is 0 Å². The van der Waals surface area contributed by atoms with Crippen LogP contribution in [0.2, 0.25) is 0 Å². The summed E-state index contributed by atoms with van der Waals surface area (Å²) < 4.78 is 5.50. The van der Waals surface area contributed by atoms with Crippen LogP contribution in [0, 0.1) is 11.8 Å². The Balaban J connectivity index is 1.90. The van der Waals surface area contributed by atoms with Gasteiger partial charge in [0.05, 0.1) is 17.9 Å². The van der Waals surface area contributed by atoms with E-state index in [0.29, 0.717) is 19.4 Å². The maximum Gasteiger partial charge on any atom is 0.307 e. The van der Waals surface area contributed by atoms with Crippen molar-refractivity contribution in [2.45, 2.75) is 38.2 Å². The summed E-state index contributed by atoms with van der Waals surface area (Å²) in [5, 5.41) is 9.10. The average Bonchev–Trinajstić information content (AvgIpc) is 2.97. The Labute approximate surface area is 107 Å². The van der Waals surface area contributed by atoms with Gasteiger partial charge < -0.3 is 14.7 Å². The summed E-state index contributed by atoms with van der Waals surface area (Å²) in [6.45, 7) is 1.36. The van der Waals surface area contributed by atoms with Crippen LogP contribution in [0.25, 0.3) is 0 Å². The minimum Gasteiger partial charge on any atom is -0.481 e. The standard InChI is InChI=1S/C13H21NO4/c1-14(8-9-4-3-7-18-9)12(15)10-5-2-6-11(10)13(16)17/h9-11H,2-8H2,1H3,(H,16,17)/t9?,10-,11+/m1/s1. The van der Waals surface area contributed by atoms with Gasteiger partial charge in [-0.3, -0.25) is 9.59 Å². The third-order valence-corrected chi connectivity index (χ3v) is 4.03. The maximum atomic E-state index is 12.3. The number of amides is 1. The van der Waals surface area contributed by atoms with Crippen molar-refractivity contribution in [3.63, 3.8) is 0 Å². The van der Waals surface area contributed by atoms with Gasteiger partial charge in [-0.1, -0.05) is 6.42 Å². The van der Waals surface area contributed by atoms with Crippen molar-refractivity contribution >= 4 is 11.9 Å². The molecule has 1 saturated carbocycles. The zero-order valence-corrected chi connectivity index (χ0v) is 10.8. The fraction of sp³-hybridized carbons (Fsp3) is 0.846. The van der Waals surface area contributed by atoms with Crippen molar-refractivity contribution < 1.29 is 19.4 Å². The lowest BCUT2D eigenvalue weighted by atomic mass is 9.95. The fourth-order valence-electron chi connectivity index (χ4n) is 3.02. The van der Waals surface area contributed by atoms with E-state index in [1.165, 1.54) is 0 Å². The first-order valence-corrected chi connectivity index (χ1v) is 6.69. The quantitative estimate of drug-likeness (QED) is 0.817. The van der Waals surface area contributed by atoms with Gasteiger partial charge in [0, 0.05) is 20.2 Å². The minimum absolute atomic E-state index is 0.0320. The molecule has 2 rings (SSSR count). The van der Waals surface area contributed by atoms with E-state index in [0.717, 1.165) is 25.9 Å². The predicted molar refractivity (Wildman–Crippen MR) is 65.1 cm³/mol. The van der Waals surface area contributed by atoms with Gasteiger partial charge in [-0.05, 0) is 25.7 Å². The Hall–Kier alpha value is -1.10. The normalized spacial score (nSPS) is 31.5. The topological polar surface area (TPSA) is 66.8 Å². The summed E-state index contributed by atoms with van der Waals surface area (Å²) in [6.07, 6.45) is 4.33. The highest BCUT2D eigenvalue weighted by Gasteiger charge is 2.39. The summed E-state index contributed by atoms with van der Waals surface area (Å²) >= 11 is 0. The Morgan fingerprint density at radius 1 is 1.22 bits per heavy atom. The van der Waals surface area contributed by atoms with Crippen molar-refractivity contribution in [2.75, 3.05) is 20.2 Å². The van der Waals surface area contributed by atoms with E-state index >= 15 is 0 Å². The number of ether oxygens (including phenoxy) is 1. The largest absolute Gasteiger partial charge is 0.481 e. The molecular formula is C13H21NO4. The Kier molecular flexibility index (Phi) is 4.22. The van der Waals surface area contributed by atoms with Crippen LogP contribution < -0.4 is 0 Å². The van der Waals surface area contributed by atoms with E-state index in [1.54, 1.807) is 11.9 Å². The van der Waals surface area contributed by atoms with E-state index in [-0.39, 0.29) is 17.9 Å². The molecule has 1 unspecified atom stereocenters. The number of hydrogen-bond donors (Lipinski definition) is 1. The average molecular weight is 255 g/mol. The first-order chi connectivity index (χ1) is 8.59. The highest BCUT2D eigenvalue weighted by atomic mass is 16.5. The monoisotopic (exact) mass is 255 g/mol. The van der Waals surface area contributed by atoms with Gasteiger partial charge >= 0.3 is 5.97 Å². The van der Waals surface area contributed by atoms with Gasteiger partial charge in [0.1, 0.15) is 0 Å². The van der Waals surface area contributed by atoms with E-state index < -0.39 is 11.9 Å². The second-order valence-electron chi connectivity index (χ2n) is 5.34. The number of carboxylic acid groups (broad SMARTS) is 1. The number of carbonyl (C=O) groups excluding carboxylic acids is 1. The lowest BCUT2D eigenvalue weighted by Crippen LogP contribution is -2.40. The maximum absolute atomic E-state index is 12.3. The second kappa shape index (κ2) is 5.69. The highest BCUT2D eigenvalue weighted by Crippen LogP contribution is 2.33. The van der Waals surface area contributed by atoms with Crippen molar-refractivity contribution in [3.05, 3.63) is 0 Å². The van der Waals surface area contributed by atoms with Crippen LogP contribution in [0.1, 0.15) is 32.1 Å². The van der Waals surface area contributed by atoms with Gasteiger partial charge in [-0.2, -0.15) is 0 Å². The molecule has 0 aromatic rings. The van der Waals surface area contributed by atoms with Crippen LogP contribution >= 0.6 is 0 Å². The fourth-order valence-corrected chi connectivity index (χ4v) is 3.02. The predicted octanol–water partition coefficient (Wildman–Crippen LogP) is 1.12.